The summed E-state index contributed by atoms with van der Waals surface area (Å²) in [6.07, 6.45) is 0. The average molecular weight is 317 g/mol. The van der Waals surface area contributed by atoms with E-state index in [-0.39, 0.29) is 11.9 Å². The van der Waals surface area contributed by atoms with Crippen molar-refractivity contribution in [2.45, 2.75) is 19.5 Å². The van der Waals surface area contributed by atoms with Crippen molar-refractivity contribution in [2.24, 2.45) is 0 Å². The molecule has 0 fully saturated rings. The molecule has 0 bridgehead atoms. The van der Waals surface area contributed by atoms with Gasteiger partial charge in [0.15, 0.2) is 0 Å². The molecule has 0 amide bonds. The lowest BCUT2D eigenvalue weighted by molar-refractivity contribution is 0.215. The molecular weight excluding hydrogens is 301 g/mol. The molecule has 0 aliphatic carbocycles. The Morgan fingerprint density at radius 3 is 2.77 bits per heavy atom. The fourth-order valence-electron chi connectivity index (χ4n) is 2.12. The van der Waals surface area contributed by atoms with Crippen molar-refractivity contribution in [2.75, 3.05) is 7.05 Å². The number of nitrogens with zero attached hydrogens (tertiary/aromatic N) is 3. The van der Waals surface area contributed by atoms with Crippen LogP contribution in [0.1, 0.15) is 24.4 Å². The summed E-state index contributed by atoms with van der Waals surface area (Å²) < 4.78 is 19.5. The van der Waals surface area contributed by atoms with Crippen LogP contribution < -0.4 is 0 Å². The summed E-state index contributed by atoms with van der Waals surface area (Å²) in [5.74, 6) is 0.852. The number of rotatable bonds is 5. The zero-order valence-corrected chi connectivity index (χ0v) is 13.2. The van der Waals surface area contributed by atoms with Crippen molar-refractivity contribution in [3.63, 3.8) is 0 Å². The zero-order valence-electron chi connectivity index (χ0n) is 12.4. The molecule has 1 atom stereocenters. The van der Waals surface area contributed by atoms with Gasteiger partial charge in [-0.3, -0.25) is 4.90 Å². The first kappa shape index (κ1) is 14.9. The first-order chi connectivity index (χ1) is 10.6. The maximum Gasteiger partial charge on any atom is 0.257 e. The van der Waals surface area contributed by atoms with Gasteiger partial charge in [0.1, 0.15) is 5.82 Å². The van der Waals surface area contributed by atoms with Crippen LogP contribution in [0.15, 0.2) is 46.2 Å². The first-order valence-corrected chi connectivity index (χ1v) is 7.84. The van der Waals surface area contributed by atoms with E-state index < -0.39 is 0 Å². The number of benzene rings is 1. The maximum atomic E-state index is 13.7. The minimum absolute atomic E-state index is 0.0965. The van der Waals surface area contributed by atoms with Crippen LogP contribution in [0.4, 0.5) is 4.39 Å². The molecule has 0 spiro atoms. The Morgan fingerprint density at radius 2 is 2.05 bits per heavy atom. The van der Waals surface area contributed by atoms with Gasteiger partial charge in [0, 0.05) is 12.1 Å². The van der Waals surface area contributed by atoms with Gasteiger partial charge in [0.2, 0.25) is 5.89 Å². The van der Waals surface area contributed by atoms with Gasteiger partial charge in [-0.2, -0.15) is 0 Å². The van der Waals surface area contributed by atoms with Crippen molar-refractivity contribution in [3.05, 3.63) is 59.0 Å². The number of thiophene rings is 1. The van der Waals surface area contributed by atoms with E-state index in [9.17, 15) is 4.39 Å². The quantitative estimate of drug-likeness (QED) is 0.709. The summed E-state index contributed by atoms with van der Waals surface area (Å²) in [5.41, 5.74) is 0.648. The van der Waals surface area contributed by atoms with Gasteiger partial charge < -0.3 is 4.42 Å². The SMILES string of the molecule is C[C@@H](c1nnc(-c2cccs2)o1)N(C)Cc1ccccc1F. The summed E-state index contributed by atoms with van der Waals surface area (Å²) in [4.78, 5) is 2.92. The fraction of sp³-hybridized carbons (Fsp3) is 0.250. The summed E-state index contributed by atoms with van der Waals surface area (Å²) in [5, 5.41) is 10.2. The molecule has 114 valence electrons. The molecule has 2 aromatic heterocycles. The molecule has 0 N–H and O–H groups in total. The molecule has 0 aliphatic rings. The van der Waals surface area contributed by atoms with Gasteiger partial charge in [-0.05, 0) is 31.5 Å². The third kappa shape index (κ3) is 3.08. The van der Waals surface area contributed by atoms with Crippen LogP contribution in [0, 0.1) is 5.82 Å². The van der Waals surface area contributed by atoms with Crippen LogP contribution in [-0.2, 0) is 6.54 Å². The molecule has 3 aromatic rings. The smallest absolute Gasteiger partial charge is 0.257 e. The second kappa shape index (κ2) is 6.37. The molecule has 0 saturated heterocycles. The van der Waals surface area contributed by atoms with Crippen LogP contribution in [0.3, 0.4) is 0 Å². The lowest BCUT2D eigenvalue weighted by Gasteiger charge is -2.21. The van der Waals surface area contributed by atoms with Crippen LogP contribution >= 0.6 is 11.3 Å². The summed E-state index contributed by atoms with van der Waals surface area (Å²) in [7, 11) is 1.91. The van der Waals surface area contributed by atoms with E-state index in [2.05, 4.69) is 10.2 Å². The molecule has 0 saturated carbocycles. The minimum Gasteiger partial charge on any atom is -0.418 e. The van der Waals surface area contributed by atoms with Crippen molar-refractivity contribution < 1.29 is 8.81 Å². The minimum atomic E-state index is -0.202. The zero-order chi connectivity index (χ0) is 15.5. The Balaban J connectivity index is 1.73. The molecule has 1 aromatic carbocycles. The molecule has 0 radical (unpaired) electrons. The monoisotopic (exact) mass is 317 g/mol. The van der Waals surface area contributed by atoms with E-state index in [0.29, 0.717) is 23.9 Å². The summed E-state index contributed by atoms with van der Waals surface area (Å²) in [6.45, 7) is 2.44. The second-order valence-electron chi connectivity index (χ2n) is 5.11. The van der Waals surface area contributed by atoms with Crippen LogP contribution in [-0.4, -0.2) is 22.1 Å². The van der Waals surface area contributed by atoms with E-state index in [1.807, 2.05) is 42.5 Å². The van der Waals surface area contributed by atoms with Crippen LogP contribution in [0.25, 0.3) is 10.8 Å². The predicted molar refractivity (Wildman–Crippen MR) is 83.9 cm³/mol. The maximum absolute atomic E-state index is 13.7. The van der Waals surface area contributed by atoms with Crippen LogP contribution in [0.5, 0.6) is 0 Å². The normalized spacial score (nSPS) is 12.7. The molecule has 2 heterocycles. The van der Waals surface area contributed by atoms with Crippen molar-refractivity contribution >= 4 is 11.3 Å². The highest BCUT2D eigenvalue weighted by molar-refractivity contribution is 7.13. The molecular formula is C16H16FN3OS. The Morgan fingerprint density at radius 1 is 1.23 bits per heavy atom. The largest absolute Gasteiger partial charge is 0.418 e. The summed E-state index contributed by atoms with van der Waals surface area (Å²) >= 11 is 1.55. The molecule has 6 heteroatoms. The average Bonchev–Trinajstić information content (AvgIpc) is 3.19. The van der Waals surface area contributed by atoms with Crippen molar-refractivity contribution in [1.29, 1.82) is 0 Å². The lowest BCUT2D eigenvalue weighted by atomic mass is 10.2. The van der Waals surface area contributed by atoms with Gasteiger partial charge in [-0.25, -0.2) is 4.39 Å². The first-order valence-electron chi connectivity index (χ1n) is 6.96. The van der Waals surface area contributed by atoms with E-state index >= 15 is 0 Å². The second-order valence-corrected chi connectivity index (χ2v) is 6.05. The standard InChI is InChI=1S/C16H16FN3OS/c1-11(20(2)10-12-6-3-4-7-13(12)17)15-18-19-16(21-15)14-8-5-9-22-14/h3-9,11H,10H2,1-2H3/t11-/m0/s1. The Bertz CT molecular complexity index is 741. The van der Waals surface area contributed by atoms with E-state index in [0.717, 1.165) is 4.88 Å². The lowest BCUT2D eigenvalue weighted by Crippen LogP contribution is -2.22. The molecule has 3 rings (SSSR count). The molecule has 0 unspecified atom stereocenters. The number of halogens is 1. The van der Waals surface area contributed by atoms with Gasteiger partial charge in [-0.1, -0.05) is 24.3 Å². The Labute approximate surface area is 132 Å². The van der Waals surface area contributed by atoms with E-state index in [4.69, 9.17) is 4.42 Å². The number of aromatic nitrogens is 2. The van der Waals surface area contributed by atoms with Gasteiger partial charge in [-0.15, -0.1) is 21.5 Å². The third-order valence-electron chi connectivity index (χ3n) is 3.57. The van der Waals surface area contributed by atoms with Gasteiger partial charge in [0.05, 0.1) is 10.9 Å². The van der Waals surface area contributed by atoms with E-state index in [1.54, 1.807) is 23.5 Å². The van der Waals surface area contributed by atoms with Gasteiger partial charge in [0.25, 0.3) is 5.89 Å². The Hall–Kier alpha value is -2.05. The third-order valence-corrected chi connectivity index (χ3v) is 4.43. The molecule has 0 aliphatic heterocycles. The number of hydrogen-bond acceptors (Lipinski definition) is 5. The summed E-state index contributed by atoms with van der Waals surface area (Å²) in [6, 6.07) is 10.6. The van der Waals surface area contributed by atoms with Crippen molar-refractivity contribution in [1.82, 2.24) is 15.1 Å². The topological polar surface area (TPSA) is 42.2 Å². The van der Waals surface area contributed by atoms with Gasteiger partial charge >= 0.3 is 0 Å². The van der Waals surface area contributed by atoms with E-state index in [1.165, 1.54) is 6.07 Å². The Kier molecular flexibility index (Phi) is 4.31. The highest BCUT2D eigenvalue weighted by Crippen LogP contribution is 2.27. The van der Waals surface area contributed by atoms with Crippen LogP contribution in [0.2, 0.25) is 0 Å². The number of hydrogen-bond donors (Lipinski definition) is 0. The predicted octanol–water partition coefficient (Wildman–Crippen LogP) is 4.13. The molecule has 22 heavy (non-hydrogen) atoms. The van der Waals surface area contributed by atoms with Crippen molar-refractivity contribution in [3.8, 4) is 10.8 Å². The highest BCUT2D eigenvalue weighted by Gasteiger charge is 2.20. The fourth-order valence-corrected chi connectivity index (χ4v) is 2.77. The molecule has 4 nitrogen and oxygen atoms in total. The highest BCUT2D eigenvalue weighted by atomic mass is 32.1.